The maximum atomic E-state index is 13.7. The molecule has 3 fully saturated rings. The number of hydrazine groups is 1. The van der Waals surface area contributed by atoms with Crippen LogP contribution in [0.5, 0.6) is 0 Å². The van der Waals surface area contributed by atoms with Crippen molar-refractivity contribution in [1.29, 1.82) is 0 Å². The van der Waals surface area contributed by atoms with Gasteiger partial charge in [0.05, 0.1) is 23.3 Å². The number of hydrogen-bond donors (Lipinski definition) is 0. The minimum absolute atomic E-state index is 0.0236. The van der Waals surface area contributed by atoms with Gasteiger partial charge in [0.2, 0.25) is 0 Å². The van der Waals surface area contributed by atoms with Crippen LogP contribution in [0.25, 0.3) is 0 Å². The molecule has 3 amide bonds. The molecule has 0 unspecified atom stereocenters. The second kappa shape index (κ2) is 9.14. The number of halogens is 4. The number of benzene rings is 2. The summed E-state index contributed by atoms with van der Waals surface area (Å²) in [6.07, 6.45) is 0.730. The van der Waals surface area contributed by atoms with Crippen molar-refractivity contribution in [2.45, 2.75) is 22.6 Å². The molecular weight excluding hydrogens is 629 g/mol. The highest BCUT2D eigenvalue weighted by Gasteiger charge is 2.67. The Labute approximate surface area is 226 Å². The van der Waals surface area contributed by atoms with Crippen LogP contribution in [0.2, 0.25) is 10.0 Å². The Balaban J connectivity index is 1.58. The summed E-state index contributed by atoms with van der Waals surface area (Å²) < 4.78 is 0. The molecule has 5 rings (SSSR count). The average Bonchev–Trinajstić information content (AvgIpc) is 3.43. The lowest BCUT2D eigenvalue weighted by Crippen LogP contribution is -2.50. The monoisotopic (exact) mass is 643 g/mol. The van der Waals surface area contributed by atoms with Gasteiger partial charge in [0.15, 0.2) is 0 Å². The molecule has 0 spiro atoms. The van der Waals surface area contributed by atoms with E-state index >= 15 is 0 Å². The van der Waals surface area contributed by atoms with E-state index in [-0.39, 0.29) is 38.6 Å². The van der Waals surface area contributed by atoms with Crippen molar-refractivity contribution in [1.82, 2.24) is 10.0 Å². The van der Waals surface area contributed by atoms with Crippen LogP contribution in [0.1, 0.15) is 22.3 Å². The zero-order valence-electron chi connectivity index (χ0n) is 17.8. The second-order valence-corrected chi connectivity index (χ2v) is 11.8. The zero-order chi connectivity index (χ0) is 25.2. The number of imide groups is 1. The number of hydrogen-bond acceptors (Lipinski definition) is 5. The number of nitrogens with zero attached hydrogens (tertiary/aromatic N) is 3. The number of nitro benzene ring substituents is 1. The number of para-hydroxylation sites is 1. The topological polar surface area (TPSA) is 101 Å². The molecule has 12 heteroatoms. The summed E-state index contributed by atoms with van der Waals surface area (Å²) in [5, 5.41) is 14.1. The van der Waals surface area contributed by atoms with Crippen LogP contribution in [-0.4, -0.2) is 42.3 Å². The van der Waals surface area contributed by atoms with Crippen LogP contribution in [0.4, 0.5) is 5.69 Å². The molecule has 8 nitrogen and oxygen atoms in total. The molecule has 0 aromatic heterocycles. The molecule has 3 aliphatic rings. The molecule has 0 radical (unpaired) electrons. The molecule has 0 N–H and O–H groups in total. The van der Waals surface area contributed by atoms with Crippen LogP contribution < -0.4 is 0 Å². The smallest absolute Gasteiger partial charge is 0.272 e. The van der Waals surface area contributed by atoms with E-state index in [1.54, 1.807) is 12.1 Å². The highest BCUT2D eigenvalue weighted by Crippen LogP contribution is 2.60. The summed E-state index contributed by atoms with van der Waals surface area (Å²) in [6.45, 7) is -0.247. The van der Waals surface area contributed by atoms with E-state index < -0.39 is 40.2 Å². The lowest BCUT2D eigenvalue weighted by atomic mass is 9.81. The van der Waals surface area contributed by atoms with Crippen LogP contribution in [0.15, 0.2) is 42.5 Å². The Morgan fingerprint density at radius 3 is 2.23 bits per heavy atom. The number of fused-ring (bicyclic) bond motifs is 5. The Kier molecular flexibility index (Phi) is 6.44. The fourth-order valence-electron chi connectivity index (χ4n) is 5.57. The third kappa shape index (κ3) is 3.89. The third-order valence-corrected chi connectivity index (χ3v) is 10.9. The SMILES string of the molecule is O=C(c1ccccc1[N+](=O)[O-])N(Cc1ccc(Cl)cc1Cl)N1C(=O)[C@@H]2[C@H]3C[C@@H]([C@H](Br)[C@H]3Br)[C@H]2C1=O. The van der Waals surface area contributed by atoms with E-state index in [2.05, 4.69) is 31.9 Å². The van der Waals surface area contributed by atoms with Gasteiger partial charge in [-0.05, 0) is 42.0 Å². The average molecular weight is 646 g/mol. The van der Waals surface area contributed by atoms with E-state index in [1.165, 1.54) is 30.3 Å². The third-order valence-electron chi connectivity index (χ3n) is 7.11. The first-order chi connectivity index (χ1) is 16.6. The molecule has 2 aromatic rings. The van der Waals surface area contributed by atoms with Gasteiger partial charge in [0.25, 0.3) is 23.4 Å². The van der Waals surface area contributed by atoms with E-state index in [4.69, 9.17) is 23.2 Å². The zero-order valence-corrected chi connectivity index (χ0v) is 22.5. The molecule has 1 aliphatic heterocycles. The van der Waals surface area contributed by atoms with Crippen molar-refractivity contribution < 1.29 is 19.3 Å². The Morgan fingerprint density at radius 2 is 1.66 bits per heavy atom. The molecule has 1 saturated heterocycles. The highest BCUT2D eigenvalue weighted by atomic mass is 79.9. The van der Waals surface area contributed by atoms with Crippen molar-refractivity contribution in [2.75, 3.05) is 0 Å². The van der Waals surface area contributed by atoms with Crippen LogP contribution in [0.3, 0.4) is 0 Å². The van der Waals surface area contributed by atoms with E-state index in [0.29, 0.717) is 10.6 Å². The van der Waals surface area contributed by atoms with Crippen molar-refractivity contribution >= 4 is 78.5 Å². The van der Waals surface area contributed by atoms with E-state index in [0.717, 1.165) is 16.4 Å². The molecule has 35 heavy (non-hydrogen) atoms. The summed E-state index contributed by atoms with van der Waals surface area (Å²) in [4.78, 5) is 52.0. The van der Waals surface area contributed by atoms with Gasteiger partial charge >= 0.3 is 0 Å². The minimum atomic E-state index is -0.844. The van der Waals surface area contributed by atoms with Gasteiger partial charge < -0.3 is 0 Å². The largest absolute Gasteiger partial charge is 0.282 e. The molecule has 182 valence electrons. The van der Waals surface area contributed by atoms with Crippen LogP contribution in [0, 0.1) is 33.8 Å². The fraction of sp³-hybridized carbons (Fsp3) is 0.348. The van der Waals surface area contributed by atoms with E-state index in [9.17, 15) is 24.5 Å². The van der Waals surface area contributed by atoms with E-state index in [1.807, 2.05) is 0 Å². The lowest BCUT2D eigenvalue weighted by molar-refractivity contribution is -0.385. The highest BCUT2D eigenvalue weighted by molar-refractivity contribution is 9.12. The standard InChI is InChI=1S/C23H17Br2Cl2N3O5/c24-19-13-8-14(20(19)25)18-17(13)22(32)29(23(18)33)28(9-10-5-6-11(26)7-15(10)27)21(31)12-3-1-2-4-16(12)30(34)35/h1-7,13-14,17-20H,8-9H2/t13-,14-,17-,18-,19+,20+/m1/s1. The molecule has 2 saturated carbocycles. The van der Waals surface area contributed by atoms with Crippen molar-refractivity contribution in [3.63, 3.8) is 0 Å². The number of carbonyl (C=O) groups excluding carboxylic acids is 3. The Bertz CT molecular complexity index is 1250. The number of amides is 3. The predicted octanol–water partition coefficient (Wildman–Crippen LogP) is 5.24. The van der Waals surface area contributed by atoms with Gasteiger partial charge in [-0.1, -0.05) is 73.3 Å². The molecule has 2 aliphatic carbocycles. The number of rotatable bonds is 5. The van der Waals surface area contributed by atoms with Gasteiger partial charge in [0.1, 0.15) is 5.56 Å². The summed E-state index contributed by atoms with van der Waals surface area (Å²) in [5.41, 5.74) is -0.231. The van der Waals surface area contributed by atoms with Gasteiger partial charge in [-0.3, -0.25) is 24.5 Å². The fourth-order valence-corrected chi connectivity index (χ4v) is 7.91. The van der Waals surface area contributed by atoms with Crippen molar-refractivity contribution in [3.8, 4) is 0 Å². The van der Waals surface area contributed by atoms with Crippen molar-refractivity contribution in [2.24, 2.45) is 23.7 Å². The molecular formula is C23H17Br2Cl2N3O5. The predicted molar refractivity (Wildman–Crippen MR) is 135 cm³/mol. The quantitative estimate of drug-likeness (QED) is 0.192. The summed E-state index contributed by atoms with van der Waals surface area (Å²) in [6, 6.07) is 10.1. The first-order valence-corrected chi connectivity index (χ1v) is 13.4. The number of carbonyl (C=O) groups is 3. The van der Waals surface area contributed by atoms with Crippen LogP contribution >= 0.6 is 55.1 Å². The second-order valence-electron chi connectivity index (χ2n) is 8.86. The lowest BCUT2D eigenvalue weighted by Gasteiger charge is -2.31. The minimum Gasteiger partial charge on any atom is -0.272 e. The van der Waals surface area contributed by atoms with Gasteiger partial charge in [-0.2, -0.15) is 5.01 Å². The van der Waals surface area contributed by atoms with Gasteiger partial charge in [-0.15, -0.1) is 0 Å². The first-order valence-electron chi connectivity index (χ1n) is 10.8. The maximum Gasteiger partial charge on any atom is 0.282 e. The number of nitro groups is 1. The summed E-state index contributed by atoms with van der Waals surface area (Å²) in [7, 11) is 0. The molecule has 2 aromatic carbocycles. The normalized spacial score (nSPS) is 29.0. The molecule has 2 bridgehead atoms. The van der Waals surface area contributed by atoms with Gasteiger partial charge in [-0.25, -0.2) is 5.01 Å². The molecule has 1 heterocycles. The maximum absolute atomic E-state index is 13.7. The van der Waals surface area contributed by atoms with Gasteiger partial charge in [0, 0.05) is 25.8 Å². The summed E-state index contributed by atoms with van der Waals surface area (Å²) >= 11 is 19.6. The Morgan fingerprint density at radius 1 is 1.06 bits per heavy atom. The van der Waals surface area contributed by atoms with Crippen LogP contribution in [-0.2, 0) is 16.1 Å². The molecule has 6 atom stereocenters. The van der Waals surface area contributed by atoms with Crippen molar-refractivity contribution in [3.05, 3.63) is 73.8 Å². The Hall–Kier alpha value is -2.01. The first kappa shape index (κ1) is 24.7. The summed E-state index contributed by atoms with van der Waals surface area (Å²) in [5.74, 6) is -3.04. The number of alkyl halides is 2.